The molecule has 218 valence electrons. The van der Waals surface area contributed by atoms with E-state index in [0.717, 1.165) is 53.7 Å². The molecule has 1 aliphatic carbocycles. The highest BCUT2D eigenvalue weighted by Crippen LogP contribution is 2.55. The minimum atomic E-state index is -2.95. The van der Waals surface area contributed by atoms with Crippen LogP contribution in [-0.4, -0.2) is 64.5 Å². The molecular weight excluding hydrogens is 528 g/mol. The van der Waals surface area contributed by atoms with E-state index in [4.69, 9.17) is 4.74 Å². The first-order valence-corrected chi connectivity index (χ1v) is 14.6. The van der Waals surface area contributed by atoms with Gasteiger partial charge in [-0.25, -0.2) is 0 Å². The number of rotatable bonds is 6. The minimum Gasteiger partial charge on any atom is -0.508 e. The standard InChI is InChI=1S/C32H37F2N3O4/c1-19-10-12-36(13-11-19)14-15-37-27(39)9-7-25-28(20-4-3-5-21(38)16-20)29-24(18-32(25,2)30(37)40)23-17-22(41-31(33)34)6-8-26(23)35-29/h3-6,8,16-17,19,25,28,31,35,38H,7,9-15,18H2,1-2H3/t25?,28-,32+/m0/s1. The first-order valence-electron chi connectivity index (χ1n) is 14.6. The lowest BCUT2D eigenvalue weighted by Gasteiger charge is -2.45. The molecule has 41 heavy (non-hydrogen) atoms. The Hall–Kier alpha value is -3.46. The fourth-order valence-corrected chi connectivity index (χ4v) is 7.37. The maximum Gasteiger partial charge on any atom is 0.387 e. The topological polar surface area (TPSA) is 85.9 Å². The Balaban J connectivity index is 1.41. The summed E-state index contributed by atoms with van der Waals surface area (Å²) in [6, 6.07) is 11.9. The van der Waals surface area contributed by atoms with Crippen LogP contribution >= 0.6 is 0 Å². The average Bonchev–Trinajstić information content (AvgIpc) is 3.24. The molecule has 2 saturated heterocycles. The third kappa shape index (κ3) is 5.09. The number of phenolic OH excluding ortho intramolecular Hbond substituents is 1. The zero-order valence-corrected chi connectivity index (χ0v) is 23.5. The number of fused-ring (bicyclic) bond motifs is 4. The number of imide groups is 1. The van der Waals surface area contributed by atoms with Gasteiger partial charge in [-0.05, 0) is 92.1 Å². The first-order chi connectivity index (χ1) is 19.6. The number of phenols is 1. The minimum absolute atomic E-state index is 0.0512. The summed E-state index contributed by atoms with van der Waals surface area (Å²) in [5.41, 5.74) is 2.44. The van der Waals surface area contributed by atoms with Gasteiger partial charge in [0.25, 0.3) is 0 Å². The molecule has 3 heterocycles. The molecule has 9 heteroatoms. The number of piperidine rings is 1. The second-order valence-corrected chi connectivity index (χ2v) is 12.3. The summed E-state index contributed by atoms with van der Waals surface area (Å²) >= 11 is 0. The first kappa shape index (κ1) is 27.7. The Morgan fingerprint density at radius 2 is 1.88 bits per heavy atom. The summed E-state index contributed by atoms with van der Waals surface area (Å²) in [6.07, 6.45) is 3.39. The van der Waals surface area contributed by atoms with Gasteiger partial charge in [-0.3, -0.25) is 14.5 Å². The van der Waals surface area contributed by atoms with Crippen LogP contribution in [0.3, 0.4) is 0 Å². The predicted molar refractivity (Wildman–Crippen MR) is 151 cm³/mol. The molecule has 2 aliphatic heterocycles. The van der Waals surface area contributed by atoms with Crippen LogP contribution in [0.25, 0.3) is 10.9 Å². The molecule has 6 rings (SSSR count). The van der Waals surface area contributed by atoms with Crippen molar-refractivity contribution in [2.45, 2.75) is 58.5 Å². The van der Waals surface area contributed by atoms with Crippen molar-refractivity contribution in [1.29, 1.82) is 0 Å². The maximum atomic E-state index is 14.5. The molecule has 3 aromatic rings. The number of aromatic nitrogens is 1. The van der Waals surface area contributed by atoms with E-state index in [-0.39, 0.29) is 41.6 Å². The van der Waals surface area contributed by atoms with Gasteiger partial charge in [0.1, 0.15) is 11.5 Å². The largest absolute Gasteiger partial charge is 0.508 e. The third-order valence-corrected chi connectivity index (χ3v) is 9.66. The molecular formula is C32H37F2N3O4. The van der Waals surface area contributed by atoms with Crippen molar-refractivity contribution in [2.75, 3.05) is 26.2 Å². The zero-order chi connectivity index (χ0) is 28.9. The lowest BCUT2D eigenvalue weighted by Crippen LogP contribution is -2.52. The molecule has 2 aromatic carbocycles. The number of halogens is 2. The molecule has 0 spiro atoms. The summed E-state index contributed by atoms with van der Waals surface area (Å²) in [6.45, 7) is 4.22. The number of nitrogens with one attached hydrogen (secondary N) is 1. The van der Waals surface area contributed by atoms with Crippen LogP contribution < -0.4 is 4.74 Å². The molecule has 0 bridgehead atoms. The highest BCUT2D eigenvalue weighted by Gasteiger charge is 2.54. The van der Waals surface area contributed by atoms with E-state index in [1.807, 2.05) is 13.0 Å². The van der Waals surface area contributed by atoms with Gasteiger partial charge in [0.15, 0.2) is 0 Å². The summed E-state index contributed by atoms with van der Waals surface area (Å²) in [4.78, 5) is 35.2. The van der Waals surface area contributed by atoms with Crippen molar-refractivity contribution < 1.29 is 28.2 Å². The normalized spacial score (nSPS) is 25.8. The van der Waals surface area contributed by atoms with Gasteiger partial charge in [0.05, 0.1) is 5.41 Å². The summed E-state index contributed by atoms with van der Waals surface area (Å²) in [5, 5.41) is 11.1. The number of carbonyl (C=O) groups excluding carboxylic acids is 2. The SMILES string of the molecule is CC1CCN(CCN2C(=O)CCC3[C@H](c4cccc(O)c4)c4[nH]c5ccc(OC(F)F)cc5c4C[C@@]3(C)C2=O)CC1. The van der Waals surface area contributed by atoms with E-state index in [1.54, 1.807) is 30.3 Å². The second-order valence-electron chi connectivity index (χ2n) is 12.3. The van der Waals surface area contributed by atoms with Gasteiger partial charge < -0.3 is 19.7 Å². The molecule has 2 N–H and O–H groups in total. The van der Waals surface area contributed by atoms with Crippen LogP contribution in [0.15, 0.2) is 42.5 Å². The van der Waals surface area contributed by atoms with E-state index in [0.29, 0.717) is 31.8 Å². The Labute approximate surface area is 238 Å². The maximum absolute atomic E-state index is 14.5. The lowest BCUT2D eigenvalue weighted by atomic mass is 9.59. The number of aromatic amines is 1. The number of ether oxygens (including phenoxy) is 1. The Morgan fingerprint density at radius 1 is 1.10 bits per heavy atom. The molecule has 2 amide bonds. The molecule has 0 saturated carbocycles. The van der Waals surface area contributed by atoms with Crippen LogP contribution in [0, 0.1) is 17.3 Å². The Bertz CT molecular complexity index is 1460. The fraction of sp³-hybridized carbons (Fsp3) is 0.500. The van der Waals surface area contributed by atoms with Gasteiger partial charge in [-0.2, -0.15) is 8.78 Å². The Morgan fingerprint density at radius 3 is 2.61 bits per heavy atom. The summed E-state index contributed by atoms with van der Waals surface area (Å²) < 4.78 is 30.8. The Kier molecular flexibility index (Phi) is 7.26. The number of nitrogens with zero attached hydrogens (tertiary/aromatic N) is 2. The van der Waals surface area contributed by atoms with E-state index in [2.05, 4.69) is 16.8 Å². The fourth-order valence-electron chi connectivity index (χ4n) is 7.37. The van der Waals surface area contributed by atoms with Crippen LogP contribution in [0.4, 0.5) is 8.78 Å². The van der Waals surface area contributed by atoms with Gasteiger partial charge >= 0.3 is 6.61 Å². The zero-order valence-electron chi connectivity index (χ0n) is 23.5. The van der Waals surface area contributed by atoms with Gasteiger partial charge in [-0.1, -0.05) is 26.0 Å². The number of hydrogen-bond donors (Lipinski definition) is 2. The molecule has 3 aliphatic rings. The third-order valence-electron chi connectivity index (χ3n) is 9.66. The number of aromatic hydroxyl groups is 1. The van der Waals surface area contributed by atoms with Crippen molar-refractivity contribution in [3.05, 3.63) is 59.3 Å². The van der Waals surface area contributed by atoms with Crippen molar-refractivity contribution in [2.24, 2.45) is 17.3 Å². The van der Waals surface area contributed by atoms with Crippen LogP contribution in [0.1, 0.15) is 62.3 Å². The molecule has 0 radical (unpaired) electrons. The van der Waals surface area contributed by atoms with E-state index in [9.17, 15) is 23.5 Å². The predicted octanol–water partition coefficient (Wildman–Crippen LogP) is 5.67. The molecule has 2 fully saturated rings. The quantitative estimate of drug-likeness (QED) is 0.377. The smallest absolute Gasteiger partial charge is 0.387 e. The van der Waals surface area contributed by atoms with Crippen LogP contribution in [-0.2, 0) is 16.0 Å². The number of amides is 2. The molecule has 1 unspecified atom stereocenters. The number of likely N-dealkylation sites (tertiary alicyclic amines) is 2. The van der Waals surface area contributed by atoms with Gasteiger partial charge in [-0.15, -0.1) is 0 Å². The number of carbonyl (C=O) groups is 2. The van der Waals surface area contributed by atoms with Crippen LogP contribution in [0.5, 0.6) is 11.5 Å². The van der Waals surface area contributed by atoms with E-state index in [1.165, 1.54) is 11.0 Å². The van der Waals surface area contributed by atoms with Gasteiger partial charge in [0.2, 0.25) is 11.8 Å². The van der Waals surface area contributed by atoms with Crippen molar-refractivity contribution in [3.8, 4) is 11.5 Å². The molecule has 1 aromatic heterocycles. The number of H-pyrrole nitrogens is 1. The number of hydrogen-bond acceptors (Lipinski definition) is 5. The summed E-state index contributed by atoms with van der Waals surface area (Å²) in [7, 11) is 0. The average molecular weight is 566 g/mol. The summed E-state index contributed by atoms with van der Waals surface area (Å²) in [5.74, 6) is 0.0269. The van der Waals surface area contributed by atoms with E-state index >= 15 is 0 Å². The lowest BCUT2D eigenvalue weighted by molar-refractivity contribution is -0.151. The van der Waals surface area contributed by atoms with Crippen molar-refractivity contribution in [3.63, 3.8) is 0 Å². The molecule has 7 nitrogen and oxygen atoms in total. The van der Waals surface area contributed by atoms with Crippen LogP contribution in [0.2, 0.25) is 0 Å². The number of alkyl halides is 2. The number of benzene rings is 2. The highest BCUT2D eigenvalue weighted by molar-refractivity contribution is 6.00. The van der Waals surface area contributed by atoms with Gasteiger partial charge in [0, 0.05) is 42.0 Å². The highest BCUT2D eigenvalue weighted by atomic mass is 19.3. The van der Waals surface area contributed by atoms with E-state index < -0.39 is 12.0 Å². The van der Waals surface area contributed by atoms with Crippen molar-refractivity contribution >= 4 is 22.7 Å². The molecule has 3 atom stereocenters. The monoisotopic (exact) mass is 565 g/mol. The second kappa shape index (κ2) is 10.7. The van der Waals surface area contributed by atoms with Crippen molar-refractivity contribution in [1.82, 2.24) is 14.8 Å².